The van der Waals surface area contributed by atoms with Crippen molar-refractivity contribution in [1.29, 1.82) is 0 Å². The van der Waals surface area contributed by atoms with Crippen molar-refractivity contribution in [2.24, 2.45) is 0 Å². The van der Waals surface area contributed by atoms with Gasteiger partial charge in [0.15, 0.2) is 0 Å². The highest BCUT2D eigenvalue weighted by atomic mass is 35.5. The van der Waals surface area contributed by atoms with E-state index < -0.39 is 0 Å². The molecular formula is C11H17ClN2O2. The fraction of sp³-hybridized carbons (Fsp3) is 0.455. The van der Waals surface area contributed by atoms with Crippen LogP contribution < -0.4 is 17.0 Å². The number of H-pyrrole nitrogens is 1. The number of nitrogens with zero attached hydrogens (tertiary/aromatic N) is 1. The molecule has 1 aromatic heterocycles. The van der Waals surface area contributed by atoms with Gasteiger partial charge in [-0.15, -0.1) is 0 Å². The van der Waals surface area contributed by atoms with Crippen LogP contribution in [0, 0.1) is 0 Å². The number of imidazole rings is 1. The number of carbonyl (C=O) groups is 1. The smallest absolute Gasteiger partial charge is 0.333 e. The molecule has 0 aliphatic heterocycles. The Balaban J connectivity index is 0.00000225. The van der Waals surface area contributed by atoms with Crippen LogP contribution in [0.15, 0.2) is 24.5 Å². The van der Waals surface area contributed by atoms with E-state index in [2.05, 4.69) is 18.5 Å². The van der Waals surface area contributed by atoms with Crippen LogP contribution in [0.3, 0.4) is 0 Å². The molecule has 0 bridgehead atoms. The normalized spacial score (nSPS) is 9.38. The highest BCUT2D eigenvalue weighted by Crippen LogP contribution is 1.92. The molecule has 0 amide bonds. The number of aryl methyl sites for hydroxylation is 1. The number of aromatic nitrogens is 2. The molecule has 1 aromatic rings. The van der Waals surface area contributed by atoms with Gasteiger partial charge in [-0.05, 0) is 6.92 Å². The Morgan fingerprint density at radius 1 is 1.62 bits per heavy atom. The lowest BCUT2D eigenvalue weighted by molar-refractivity contribution is -0.703. The maximum absolute atomic E-state index is 11.1. The molecule has 0 atom stereocenters. The average Bonchev–Trinajstić information content (AvgIpc) is 2.65. The molecule has 0 spiro atoms. The number of carbonyl (C=O) groups excluding carboxylic acids is 1. The summed E-state index contributed by atoms with van der Waals surface area (Å²) in [6.07, 6.45) is 4.74. The summed E-state index contributed by atoms with van der Waals surface area (Å²) in [5.41, 5.74) is 0.435. The predicted octanol–water partition coefficient (Wildman–Crippen LogP) is -2.01. The highest BCUT2D eigenvalue weighted by molar-refractivity contribution is 5.86. The first-order valence-corrected chi connectivity index (χ1v) is 5.03. The molecule has 0 aliphatic rings. The Bertz CT molecular complexity index is 361. The average molecular weight is 245 g/mol. The van der Waals surface area contributed by atoms with Gasteiger partial charge in [-0.25, -0.2) is 14.3 Å². The lowest BCUT2D eigenvalue weighted by atomic mass is 10.4. The van der Waals surface area contributed by atoms with Crippen molar-refractivity contribution in [3.63, 3.8) is 0 Å². The SMILES string of the molecule is C=C(C)C(=O)OCC[n+]1cc[nH]c1CC.[Cl-]. The van der Waals surface area contributed by atoms with Crippen LogP contribution in [0.2, 0.25) is 0 Å². The summed E-state index contributed by atoms with van der Waals surface area (Å²) in [6, 6.07) is 0. The maximum atomic E-state index is 11.1. The van der Waals surface area contributed by atoms with E-state index in [4.69, 9.17) is 4.74 Å². The first-order valence-electron chi connectivity index (χ1n) is 5.03. The van der Waals surface area contributed by atoms with Gasteiger partial charge in [0.05, 0.1) is 0 Å². The van der Waals surface area contributed by atoms with Gasteiger partial charge in [-0.1, -0.05) is 13.5 Å². The third kappa shape index (κ3) is 4.06. The van der Waals surface area contributed by atoms with Gasteiger partial charge in [0.2, 0.25) is 0 Å². The van der Waals surface area contributed by atoms with Gasteiger partial charge in [-0.3, -0.25) is 0 Å². The first kappa shape index (κ1) is 14.7. The van der Waals surface area contributed by atoms with E-state index >= 15 is 0 Å². The molecule has 0 aromatic carbocycles. The molecular weight excluding hydrogens is 228 g/mol. The Morgan fingerprint density at radius 2 is 2.31 bits per heavy atom. The standard InChI is InChI=1S/C11H16N2O2.ClH/c1-4-10-12-5-6-13(10)7-8-15-11(14)9(2)3;/h5-6H,2,4,7-8H2,1,3H3;1H. The van der Waals surface area contributed by atoms with Gasteiger partial charge in [0, 0.05) is 12.0 Å². The summed E-state index contributed by atoms with van der Waals surface area (Å²) in [7, 11) is 0. The summed E-state index contributed by atoms with van der Waals surface area (Å²) < 4.78 is 7.04. The van der Waals surface area contributed by atoms with Gasteiger partial charge in [-0.2, -0.15) is 0 Å². The van der Waals surface area contributed by atoms with Crippen molar-refractivity contribution in [2.75, 3.05) is 6.61 Å². The summed E-state index contributed by atoms with van der Waals surface area (Å²) in [5, 5.41) is 0. The van der Waals surface area contributed by atoms with Crippen LogP contribution in [0.4, 0.5) is 0 Å². The molecule has 0 fully saturated rings. The third-order valence-corrected chi connectivity index (χ3v) is 2.10. The maximum Gasteiger partial charge on any atom is 0.333 e. The second kappa shape index (κ2) is 7.06. The number of esters is 1. The summed E-state index contributed by atoms with van der Waals surface area (Å²) in [5.74, 6) is 0.797. The van der Waals surface area contributed by atoms with Crippen LogP contribution >= 0.6 is 0 Å². The summed E-state index contributed by atoms with van der Waals surface area (Å²) >= 11 is 0. The van der Waals surface area contributed by atoms with Gasteiger partial charge in [0.1, 0.15) is 25.5 Å². The van der Waals surface area contributed by atoms with Crippen molar-refractivity contribution in [1.82, 2.24) is 4.98 Å². The Hall–Kier alpha value is -1.29. The molecule has 0 aliphatic carbocycles. The van der Waals surface area contributed by atoms with E-state index in [0.717, 1.165) is 12.2 Å². The molecule has 16 heavy (non-hydrogen) atoms. The lowest BCUT2D eigenvalue weighted by Crippen LogP contribution is -3.00. The zero-order valence-corrected chi connectivity index (χ0v) is 10.4. The zero-order valence-electron chi connectivity index (χ0n) is 9.62. The van der Waals surface area contributed by atoms with Crippen LogP contribution in [-0.4, -0.2) is 17.6 Å². The molecule has 4 nitrogen and oxygen atoms in total. The van der Waals surface area contributed by atoms with E-state index in [1.54, 1.807) is 6.92 Å². The van der Waals surface area contributed by atoms with E-state index in [-0.39, 0.29) is 18.4 Å². The highest BCUT2D eigenvalue weighted by Gasteiger charge is 2.09. The van der Waals surface area contributed by atoms with E-state index in [0.29, 0.717) is 18.7 Å². The van der Waals surface area contributed by atoms with Crippen LogP contribution in [-0.2, 0) is 22.5 Å². The quantitative estimate of drug-likeness (QED) is 0.370. The molecule has 1 N–H and O–H groups in total. The third-order valence-electron chi connectivity index (χ3n) is 2.10. The Labute approximate surface area is 102 Å². The van der Waals surface area contributed by atoms with Crippen molar-refractivity contribution in [3.8, 4) is 0 Å². The van der Waals surface area contributed by atoms with Crippen molar-refractivity contribution in [3.05, 3.63) is 30.4 Å². The Kier molecular flexibility index (Phi) is 6.49. The number of ether oxygens (including phenoxy) is 1. The molecule has 1 rings (SSSR count). The van der Waals surface area contributed by atoms with Crippen molar-refractivity contribution in [2.45, 2.75) is 26.8 Å². The molecule has 1 heterocycles. The first-order chi connectivity index (χ1) is 7.15. The fourth-order valence-corrected chi connectivity index (χ4v) is 1.27. The molecule has 0 radical (unpaired) electrons. The molecule has 90 valence electrons. The lowest BCUT2D eigenvalue weighted by Gasteiger charge is -2.02. The summed E-state index contributed by atoms with van der Waals surface area (Å²) in [6.45, 7) is 8.28. The van der Waals surface area contributed by atoms with Gasteiger partial charge < -0.3 is 17.1 Å². The zero-order chi connectivity index (χ0) is 11.3. The number of rotatable bonds is 5. The molecule has 0 unspecified atom stereocenters. The van der Waals surface area contributed by atoms with Gasteiger partial charge in [0.25, 0.3) is 5.82 Å². The van der Waals surface area contributed by atoms with Crippen LogP contribution in [0.1, 0.15) is 19.7 Å². The van der Waals surface area contributed by atoms with E-state index in [1.165, 1.54) is 0 Å². The Morgan fingerprint density at radius 3 is 2.88 bits per heavy atom. The summed E-state index contributed by atoms with van der Waals surface area (Å²) in [4.78, 5) is 14.2. The topological polar surface area (TPSA) is 46.0 Å². The fourth-order valence-electron chi connectivity index (χ4n) is 1.27. The van der Waals surface area contributed by atoms with Crippen molar-refractivity contribution >= 4 is 5.97 Å². The van der Waals surface area contributed by atoms with E-state index in [1.807, 2.05) is 17.0 Å². The number of nitrogens with one attached hydrogen (secondary N) is 1. The van der Waals surface area contributed by atoms with Crippen molar-refractivity contribution < 1.29 is 26.5 Å². The minimum Gasteiger partial charge on any atom is -1.00 e. The molecule has 0 saturated carbocycles. The number of hydrogen-bond donors (Lipinski definition) is 1. The predicted molar refractivity (Wildman–Crippen MR) is 56.1 cm³/mol. The number of hydrogen-bond acceptors (Lipinski definition) is 2. The van der Waals surface area contributed by atoms with Crippen LogP contribution in [0.25, 0.3) is 0 Å². The number of aromatic amines is 1. The molecule has 5 heteroatoms. The van der Waals surface area contributed by atoms with E-state index in [9.17, 15) is 4.79 Å². The minimum absolute atomic E-state index is 0. The molecule has 0 saturated heterocycles. The number of halogens is 1. The minimum atomic E-state index is -0.329. The van der Waals surface area contributed by atoms with Gasteiger partial charge >= 0.3 is 5.97 Å². The monoisotopic (exact) mass is 244 g/mol. The second-order valence-corrected chi connectivity index (χ2v) is 3.37. The largest absolute Gasteiger partial charge is 1.00 e. The van der Waals surface area contributed by atoms with Crippen LogP contribution in [0.5, 0.6) is 0 Å². The second-order valence-electron chi connectivity index (χ2n) is 3.37.